The molecule has 1 unspecified atom stereocenters. The Balaban J connectivity index is 1.85. The molecule has 2 rings (SSSR count). The van der Waals surface area contributed by atoms with Crippen LogP contribution in [0.25, 0.3) is 0 Å². The first-order valence-corrected chi connectivity index (χ1v) is 6.36. The summed E-state index contributed by atoms with van der Waals surface area (Å²) in [6, 6.07) is 3.55. The molecule has 1 heterocycles. The lowest BCUT2D eigenvalue weighted by Crippen LogP contribution is -2.29. The predicted molar refractivity (Wildman–Crippen MR) is 66.2 cm³/mol. The zero-order chi connectivity index (χ0) is 11.5. The number of pyridine rings is 1. The number of hydrogen-bond acceptors (Lipinski definition) is 2. The molecule has 1 atom stereocenters. The van der Waals surface area contributed by atoms with Gasteiger partial charge < -0.3 is 5.32 Å². The Morgan fingerprint density at radius 3 is 2.94 bits per heavy atom. The summed E-state index contributed by atoms with van der Waals surface area (Å²) >= 11 is 3.29. The fraction of sp³-hybridized carbons (Fsp3) is 0.500. The number of amides is 1. The second-order valence-corrected chi connectivity index (χ2v) is 5.30. The highest BCUT2D eigenvalue weighted by atomic mass is 79.9. The smallest absolute Gasteiger partial charge is 0.269 e. The van der Waals surface area contributed by atoms with Crippen LogP contribution in [-0.2, 0) is 0 Å². The van der Waals surface area contributed by atoms with Gasteiger partial charge in [-0.15, -0.1) is 0 Å². The van der Waals surface area contributed by atoms with Crippen LogP contribution in [0.3, 0.4) is 0 Å². The van der Waals surface area contributed by atoms with Crippen molar-refractivity contribution in [2.75, 3.05) is 6.54 Å². The van der Waals surface area contributed by atoms with Crippen molar-refractivity contribution in [1.29, 1.82) is 0 Å². The van der Waals surface area contributed by atoms with E-state index >= 15 is 0 Å². The Bertz CT molecular complexity index is 373. The van der Waals surface area contributed by atoms with Crippen molar-refractivity contribution in [2.24, 2.45) is 11.8 Å². The van der Waals surface area contributed by atoms with Crippen molar-refractivity contribution in [3.05, 3.63) is 28.5 Å². The number of aromatic nitrogens is 1. The zero-order valence-electron chi connectivity index (χ0n) is 9.24. The Hall–Kier alpha value is -0.900. The van der Waals surface area contributed by atoms with Crippen LogP contribution in [0.2, 0.25) is 0 Å². The second kappa shape index (κ2) is 4.95. The molecule has 86 valence electrons. The van der Waals surface area contributed by atoms with E-state index in [2.05, 4.69) is 33.2 Å². The fourth-order valence-corrected chi connectivity index (χ4v) is 1.92. The van der Waals surface area contributed by atoms with Crippen LogP contribution in [0.5, 0.6) is 0 Å². The number of carbonyl (C=O) groups is 1. The topological polar surface area (TPSA) is 42.0 Å². The van der Waals surface area contributed by atoms with Gasteiger partial charge in [0.15, 0.2) is 0 Å². The maximum absolute atomic E-state index is 11.7. The fourth-order valence-electron chi connectivity index (χ4n) is 1.69. The average Bonchev–Trinajstić information content (AvgIpc) is 3.10. The van der Waals surface area contributed by atoms with E-state index in [0.29, 0.717) is 11.6 Å². The van der Waals surface area contributed by atoms with Crippen molar-refractivity contribution in [3.63, 3.8) is 0 Å². The number of carbonyl (C=O) groups excluding carboxylic acids is 1. The molecule has 3 nitrogen and oxygen atoms in total. The number of nitrogens with one attached hydrogen (secondary N) is 1. The van der Waals surface area contributed by atoms with Crippen molar-refractivity contribution in [2.45, 2.75) is 19.8 Å². The van der Waals surface area contributed by atoms with Gasteiger partial charge in [-0.25, -0.2) is 4.98 Å². The summed E-state index contributed by atoms with van der Waals surface area (Å²) in [5, 5.41) is 2.92. The quantitative estimate of drug-likeness (QED) is 0.923. The average molecular weight is 283 g/mol. The summed E-state index contributed by atoms with van der Waals surface area (Å²) in [4.78, 5) is 15.8. The lowest BCUT2D eigenvalue weighted by atomic mass is 10.1. The largest absolute Gasteiger partial charge is 0.350 e. The third kappa shape index (κ3) is 3.04. The minimum absolute atomic E-state index is 0.0833. The van der Waals surface area contributed by atoms with Crippen LogP contribution >= 0.6 is 15.9 Å². The molecule has 1 aromatic rings. The van der Waals surface area contributed by atoms with Gasteiger partial charge in [0.2, 0.25) is 0 Å². The van der Waals surface area contributed by atoms with Crippen molar-refractivity contribution < 1.29 is 4.79 Å². The van der Waals surface area contributed by atoms with E-state index in [9.17, 15) is 4.79 Å². The molecule has 1 N–H and O–H groups in total. The molecule has 0 radical (unpaired) electrons. The first-order valence-electron chi connectivity index (χ1n) is 5.56. The van der Waals surface area contributed by atoms with E-state index in [1.165, 1.54) is 12.8 Å². The standard InChI is InChI=1S/C12H15BrN2O/c1-8(9-2-3-9)6-15-12(16)11-5-4-10(13)7-14-11/h4-5,7-9H,2-3,6H2,1H3,(H,15,16). The molecular weight excluding hydrogens is 268 g/mol. The summed E-state index contributed by atoms with van der Waals surface area (Å²) in [7, 11) is 0. The molecule has 16 heavy (non-hydrogen) atoms. The Morgan fingerprint density at radius 2 is 2.38 bits per heavy atom. The number of rotatable bonds is 4. The summed E-state index contributed by atoms with van der Waals surface area (Å²) in [5.74, 6) is 1.32. The lowest BCUT2D eigenvalue weighted by Gasteiger charge is -2.10. The molecule has 0 bridgehead atoms. The zero-order valence-corrected chi connectivity index (χ0v) is 10.8. The van der Waals surface area contributed by atoms with Crippen LogP contribution in [0, 0.1) is 11.8 Å². The molecule has 0 aromatic carbocycles. The van der Waals surface area contributed by atoms with Crippen molar-refractivity contribution in [3.8, 4) is 0 Å². The Kier molecular flexibility index (Phi) is 3.59. The van der Waals surface area contributed by atoms with E-state index in [1.807, 2.05) is 6.07 Å². The highest BCUT2D eigenvalue weighted by Crippen LogP contribution is 2.36. The maximum Gasteiger partial charge on any atom is 0.269 e. The van der Waals surface area contributed by atoms with Gasteiger partial charge in [0, 0.05) is 17.2 Å². The predicted octanol–water partition coefficient (Wildman–Crippen LogP) is 2.62. The van der Waals surface area contributed by atoms with Gasteiger partial charge in [-0.2, -0.15) is 0 Å². The first-order chi connectivity index (χ1) is 7.66. The van der Waals surface area contributed by atoms with Crippen molar-refractivity contribution >= 4 is 21.8 Å². The molecule has 1 saturated carbocycles. The van der Waals surface area contributed by atoms with E-state index in [1.54, 1.807) is 12.3 Å². The normalized spacial score (nSPS) is 16.9. The van der Waals surface area contributed by atoms with Crippen LogP contribution in [-0.4, -0.2) is 17.4 Å². The number of hydrogen-bond donors (Lipinski definition) is 1. The Labute approximate surface area is 104 Å². The van der Waals surface area contributed by atoms with Gasteiger partial charge in [0.1, 0.15) is 5.69 Å². The molecular formula is C12H15BrN2O. The Morgan fingerprint density at radius 1 is 1.62 bits per heavy atom. The van der Waals surface area contributed by atoms with Crippen LogP contribution in [0.15, 0.2) is 22.8 Å². The van der Waals surface area contributed by atoms with Gasteiger partial charge in [0.25, 0.3) is 5.91 Å². The van der Waals surface area contributed by atoms with E-state index < -0.39 is 0 Å². The SMILES string of the molecule is CC(CNC(=O)c1ccc(Br)cn1)C1CC1. The van der Waals surface area contributed by atoms with Crippen LogP contribution in [0.1, 0.15) is 30.3 Å². The number of nitrogens with zero attached hydrogens (tertiary/aromatic N) is 1. The second-order valence-electron chi connectivity index (χ2n) is 4.39. The first kappa shape index (κ1) is 11.6. The minimum Gasteiger partial charge on any atom is -0.350 e. The van der Waals surface area contributed by atoms with Crippen molar-refractivity contribution in [1.82, 2.24) is 10.3 Å². The molecule has 0 spiro atoms. The number of halogens is 1. The molecule has 1 amide bonds. The molecule has 0 aliphatic heterocycles. The van der Waals surface area contributed by atoms with Gasteiger partial charge in [-0.3, -0.25) is 4.79 Å². The third-order valence-electron chi connectivity index (χ3n) is 2.97. The minimum atomic E-state index is -0.0833. The van der Waals surface area contributed by atoms with E-state index in [4.69, 9.17) is 0 Å². The molecule has 1 aliphatic rings. The monoisotopic (exact) mass is 282 g/mol. The van der Waals surface area contributed by atoms with Gasteiger partial charge in [0.05, 0.1) is 0 Å². The van der Waals surface area contributed by atoms with E-state index in [-0.39, 0.29) is 5.91 Å². The van der Waals surface area contributed by atoms with Gasteiger partial charge in [-0.1, -0.05) is 6.92 Å². The van der Waals surface area contributed by atoms with Crippen LogP contribution < -0.4 is 5.32 Å². The molecule has 1 aliphatic carbocycles. The summed E-state index contributed by atoms with van der Waals surface area (Å²) in [6.07, 6.45) is 4.26. The summed E-state index contributed by atoms with van der Waals surface area (Å²) < 4.78 is 0.885. The third-order valence-corrected chi connectivity index (χ3v) is 3.44. The van der Waals surface area contributed by atoms with E-state index in [0.717, 1.165) is 16.9 Å². The highest BCUT2D eigenvalue weighted by Gasteiger charge is 2.27. The van der Waals surface area contributed by atoms with Crippen LogP contribution in [0.4, 0.5) is 0 Å². The molecule has 1 aromatic heterocycles. The maximum atomic E-state index is 11.7. The van der Waals surface area contributed by atoms with Gasteiger partial charge >= 0.3 is 0 Å². The highest BCUT2D eigenvalue weighted by molar-refractivity contribution is 9.10. The molecule has 1 fully saturated rings. The molecule has 4 heteroatoms. The lowest BCUT2D eigenvalue weighted by molar-refractivity contribution is 0.0941. The molecule has 0 saturated heterocycles. The summed E-state index contributed by atoms with van der Waals surface area (Å²) in [6.45, 7) is 2.94. The summed E-state index contributed by atoms with van der Waals surface area (Å²) in [5.41, 5.74) is 0.478. The van der Waals surface area contributed by atoms with Gasteiger partial charge in [-0.05, 0) is 52.7 Å².